The third kappa shape index (κ3) is 2.83. The van der Waals surface area contributed by atoms with Crippen molar-refractivity contribution in [2.45, 2.75) is 44.7 Å². The van der Waals surface area contributed by atoms with Crippen LogP contribution in [-0.4, -0.2) is 12.1 Å². The Morgan fingerprint density at radius 3 is 2.31 bits per heavy atom. The summed E-state index contributed by atoms with van der Waals surface area (Å²) in [4.78, 5) is 0. The van der Waals surface area contributed by atoms with Gasteiger partial charge < -0.3 is 11.1 Å². The van der Waals surface area contributed by atoms with E-state index in [1.54, 1.807) is 0 Å². The molecule has 3 N–H and O–H groups in total. The molecule has 88 valence electrons. The Balaban J connectivity index is 1.85. The number of benzene rings is 1. The predicted molar refractivity (Wildman–Crippen MR) is 68.3 cm³/mol. The monoisotopic (exact) mass is 218 g/mol. The van der Waals surface area contributed by atoms with Gasteiger partial charge in [0.05, 0.1) is 0 Å². The number of hydrogen-bond donors (Lipinski definition) is 2. The van der Waals surface area contributed by atoms with Crippen molar-refractivity contribution in [2.75, 3.05) is 6.54 Å². The van der Waals surface area contributed by atoms with E-state index in [9.17, 15) is 0 Å². The molecule has 2 rings (SSSR count). The topological polar surface area (TPSA) is 38.0 Å². The molecular weight excluding hydrogens is 196 g/mol. The van der Waals surface area contributed by atoms with Gasteiger partial charge in [0.25, 0.3) is 0 Å². The lowest BCUT2D eigenvalue weighted by atomic mass is 9.78. The van der Waals surface area contributed by atoms with E-state index < -0.39 is 0 Å². The highest BCUT2D eigenvalue weighted by atomic mass is 15.0. The van der Waals surface area contributed by atoms with Gasteiger partial charge >= 0.3 is 0 Å². The highest BCUT2D eigenvalue weighted by molar-refractivity contribution is 5.23. The molecule has 0 unspecified atom stereocenters. The third-order valence-corrected chi connectivity index (χ3v) is 3.63. The zero-order chi connectivity index (χ0) is 11.4. The Labute approximate surface area is 98.2 Å². The molecule has 0 aliphatic heterocycles. The van der Waals surface area contributed by atoms with Gasteiger partial charge in [-0.25, -0.2) is 0 Å². The van der Waals surface area contributed by atoms with Crippen LogP contribution in [0.5, 0.6) is 0 Å². The fourth-order valence-electron chi connectivity index (χ4n) is 2.19. The highest BCUT2D eigenvalue weighted by Gasteiger charge is 2.30. The second-order valence-electron chi connectivity index (χ2n) is 5.12. The fraction of sp³-hybridized carbons (Fsp3) is 0.571. The van der Waals surface area contributed by atoms with Crippen molar-refractivity contribution in [3.8, 4) is 0 Å². The second kappa shape index (κ2) is 4.98. The summed E-state index contributed by atoms with van der Waals surface area (Å²) >= 11 is 0. The van der Waals surface area contributed by atoms with Crippen LogP contribution in [0.4, 0.5) is 0 Å². The first kappa shape index (κ1) is 11.6. The molecule has 0 spiro atoms. The van der Waals surface area contributed by atoms with Crippen molar-refractivity contribution in [3.05, 3.63) is 35.4 Å². The van der Waals surface area contributed by atoms with Crippen molar-refractivity contribution in [1.29, 1.82) is 0 Å². The molecule has 0 saturated heterocycles. The molecule has 16 heavy (non-hydrogen) atoms. The predicted octanol–water partition coefficient (Wildman–Crippen LogP) is 2.22. The van der Waals surface area contributed by atoms with Crippen LogP contribution in [0.25, 0.3) is 0 Å². The van der Waals surface area contributed by atoms with E-state index in [1.807, 2.05) is 0 Å². The lowest BCUT2D eigenvalue weighted by Crippen LogP contribution is -2.47. The summed E-state index contributed by atoms with van der Waals surface area (Å²) in [6.45, 7) is 4.04. The SMILES string of the molecule is CC1(NCc2ccc(CCN)cc2)CCC1. The average molecular weight is 218 g/mol. The molecule has 0 aromatic heterocycles. The van der Waals surface area contributed by atoms with E-state index in [-0.39, 0.29) is 0 Å². The molecule has 2 heteroatoms. The number of hydrogen-bond acceptors (Lipinski definition) is 2. The molecular formula is C14H22N2. The molecule has 2 nitrogen and oxygen atoms in total. The summed E-state index contributed by atoms with van der Waals surface area (Å²) in [6, 6.07) is 8.79. The molecule has 0 atom stereocenters. The average Bonchev–Trinajstić information content (AvgIpc) is 2.26. The summed E-state index contributed by atoms with van der Waals surface area (Å²) in [5, 5.41) is 3.64. The van der Waals surface area contributed by atoms with Crippen molar-refractivity contribution >= 4 is 0 Å². The van der Waals surface area contributed by atoms with Crippen LogP contribution in [0.15, 0.2) is 24.3 Å². The van der Waals surface area contributed by atoms with Gasteiger partial charge in [-0.15, -0.1) is 0 Å². The standard InChI is InChI=1S/C14H22N2/c1-14(8-2-9-14)16-11-13-5-3-12(4-6-13)7-10-15/h3-6,16H,2,7-11,15H2,1H3. The third-order valence-electron chi connectivity index (χ3n) is 3.63. The number of nitrogens with one attached hydrogen (secondary N) is 1. The van der Waals surface area contributed by atoms with Gasteiger partial charge in [0.2, 0.25) is 0 Å². The number of nitrogens with two attached hydrogens (primary N) is 1. The zero-order valence-electron chi connectivity index (χ0n) is 10.1. The van der Waals surface area contributed by atoms with Crippen LogP contribution in [0.1, 0.15) is 37.3 Å². The summed E-state index contributed by atoms with van der Waals surface area (Å²) < 4.78 is 0. The molecule has 1 aromatic rings. The van der Waals surface area contributed by atoms with Crippen LogP contribution < -0.4 is 11.1 Å². The van der Waals surface area contributed by atoms with Crippen LogP contribution >= 0.6 is 0 Å². The van der Waals surface area contributed by atoms with E-state index in [2.05, 4.69) is 36.5 Å². The summed E-state index contributed by atoms with van der Waals surface area (Å²) in [5.41, 5.74) is 8.63. The highest BCUT2D eigenvalue weighted by Crippen LogP contribution is 2.31. The molecule has 1 saturated carbocycles. The van der Waals surface area contributed by atoms with E-state index >= 15 is 0 Å². The zero-order valence-corrected chi connectivity index (χ0v) is 10.1. The Morgan fingerprint density at radius 2 is 1.81 bits per heavy atom. The molecule has 0 bridgehead atoms. The molecule has 1 aliphatic carbocycles. The van der Waals surface area contributed by atoms with Crippen LogP contribution in [0.2, 0.25) is 0 Å². The lowest BCUT2D eigenvalue weighted by Gasteiger charge is -2.39. The van der Waals surface area contributed by atoms with Crippen LogP contribution in [-0.2, 0) is 13.0 Å². The Hall–Kier alpha value is -0.860. The van der Waals surface area contributed by atoms with Gasteiger partial charge in [-0.3, -0.25) is 0 Å². The molecule has 0 heterocycles. The Bertz CT molecular complexity index is 325. The first-order chi connectivity index (χ1) is 7.72. The van der Waals surface area contributed by atoms with Crippen molar-refractivity contribution in [3.63, 3.8) is 0 Å². The minimum atomic E-state index is 0.399. The molecule has 1 aromatic carbocycles. The van der Waals surface area contributed by atoms with Crippen LogP contribution in [0.3, 0.4) is 0 Å². The second-order valence-corrected chi connectivity index (χ2v) is 5.12. The minimum Gasteiger partial charge on any atom is -0.330 e. The Kier molecular flexibility index (Phi) is 3.62. The molecule has 1 fully saturated rings. The van der Waals surface area contributed by atoms with E-state index in [0.29, 0.717) is 5.54 Å². The van der Waals surface area contributed by atoms with Gasteiger partial charge in [0.15, 0.2) is 0 Å². The van der Waals surface area contributed by atoms with Gasteiger partial charge in [0, 0.05) is 12.1 Å². The van der Waals surface area contributed by atoms with E-state index in [4.69, 9.17) is 5.73 Å². The van der Waals surface area contributed by atoms with E-state index in [0.717, 1.165) is 19.5 Å². The van der Waals surface area contributed by atoms with Crippen molar-refractivity contribution < 1.29 is 0 Å². The summed E-state index contributed by atoms with van der Waals surface area (Å²) in [5.74, 6) is 0. The van der Waals surface area contributed by atoms with Crippen molar-refractivity contribution in [1.82, 2.24) is 5.32 Å². The largest absolute Gasteiger partial charge is 0.330 e. The van der Waals surface area contributed by atoms with Gasteiger partial charge in [-0.1, -0.05) is 24.3 Å². The van der Waals surface area contributed by atoms with E-state index in [1.165, 1.54) is 30.4 Å². The molecule has 0 amide bonds. The van der Waals surface area contributed by atoms with Gasteiger partial charge in [0.1, 0.15) is 0 Å². The normalized spacial score (nSPS) is 18.1. The quantitative estimate of drug-likeness (QED) is 0.795. The maximum absolute atomic E-state index is 5.53. The van der Waals surface area contributed by atoms with Gasteiger partial charge in [-0.2, -0.15) is 0 Å². The van der Waals surface area contributed by atoms with Crippen LogP contribution in [0, 0.1) is 0 Å². The first-order valence-corrected chi connectivity index (χ1v) is 6.25. The summed E-state index contributed by atoms with van der Waals surface area (Å²) in [6.07, 6.45) is 4.99. The molecule has 1 aliphatic rings. The lowest BCUT2D eigenvalue weighted by molar-refractivity contribution is 0.207. The number of rotatable bonds is 5. The van der Waals surface area contributed by atoms with Gasteiger partial charge in [-0.05, 0) is 50.3 Å². The van der Waals surface area contributed by atoms with Crippen molar-refractivity contribution in [2.24, 2.45) is 5.73 Å². The fourth-order valence-corrected chi connectivity index (χ4v) is 2.19. The first-order valence-electron chi connectivity index (χ1n) is 6.25. The maximum atomic E-state index is 5.53. The Morgan fingerprint density at radius 1 is 1.19 bits per heavy atom. The minimum absolute atomic E-state index is 0.399. The smallest absolute Gasteiger partial charge is 0.0210 e. The maximum Gasteiger partial charge on any atom is 0.0210 e. The molecule has 0 radical (unpaired) electrons. The summed E-state index contributed by atoms with van der Waals surface area (Å²) in [7, 11) is 0.